The molecule has 6 rings (SSSR count). The molecule has 41 heavy (non-hydrogen) atoms. The van der Waals surface area contributed by atoms with E-state index in [2.05, 4.69) is 15.0 Å². The number of fused-ring (bicyclic) bond motifs is 1. The molecule has 0 radical (unpaired) electrons. The van der Waals surface area contributed by atoms with E-state index in [1.165, 1.54) is 29.6 Å². The molecule has 0 saturated heterocycles. The first-order chi connectivity index (χ1) is 19.7. The van der Waals surface area contributed by atoms with E-state index >= 15 is 4.39 Å². The van der Waals surface area contributed by atoms with Crippen LogP contribution in [0.4, 0.5) is 4.39 Å². The first-order valence-electron chi connectivity index (χ1n) is 13.0. The number of pyridine rings is 1. The van der Waals surface area contributed by atoms with Crippen LogP contribution in [-0.4, -0.2) is 54.8 Å². The third-order valence-electron chi connectivity index (χ3n) is 7.51. The van der Waals surface area contributed by atoms with E-state index in [4.69, 9.17) is 27.9 Å². The van der Waals surface area contributed by atoms with Crippen LogP contribution >= 0.6 is 23.2 Å². The summed E-state index contributed by atoms with van der Waals surface area (Å²) in [6.45, 7) is -0.586. The first kappa shape index (κ1) is 27.7. The van der Waals surface area contributed by atoms with Crippen molar-refractivity contribution >= 4 is 29.1 Å². The van der Waals surface area contributed by atoms with Crippen LogP contribution in [0.1, 0.15) is 57.3 Å². The maximum absolute atomic E-state index is 16.5. The molecule has 3 heterocycles. The van der Waals surface area contributed by atoms with Gasteiger partial charge in [-0.2, -0.15) is 0 Å². The monoisotopic (exact) mass is 594 g/mol. The number of amides is 1. The van der Waals surface area contributed by atoms with Gasteiger partial charge in [-0.25, -0.2) is 14.4 Å². The Bertz CT molecular complexity index is 1590. The number of aliphatic hydroxyl groups excluding tert-OH is 1. The maximum atomic E-state index is 16.5. The minimum absolute atomic E-state index is 0.00236. The number of carbonyl (C=O) groups excluding carboxylic acids is 1. The van der Waals surface area contributed by atoms with Crippen molar-refractivity contribution in [2.45, 2.75) is 36.6 Å². The summed E-state index contributed by atoms with van der Waals surface area (Å²) in [6, 6.07) is 14.4. The van der Waals surface area contributed by atoms with Crippen molar-refractivity contribution < 1.29 is 24.1 Å². The van der Waals surface area contributed by atoms with Gasteiger partial charge >= 0.3 is 0 Å². The Labute approximate surface area is 245 Å². The van der Waals surface area contributed by atoms with Crippen LogP contribution in [0, 0.1) is 5.82 Å². The molecule has 2 aromatic carbocycles. The van der Waals surface area contributed by atoms with E-state index in [9.17, 15) is 15.0 Å². The van der Waals surface area contributed by atoms with Gasteiger partial charge < -0.3 is 14.9 Å². The minimum Gasteiger partial charge on any atom is -0.395 e. The van der Waals surface area contributed by atoms with E-state index in [0.717, 1.165) is 0 Å². The Kier molecular flexibility index (Phi) is 7.25. The molecule has 4 aromatic rings. The lowest BCUT2D eigenvalue weighted by Gasteiger charge is -2.40. The Hall–Kier alpha value is -3.47. The fourth-order valence-electron chi connectivity index (χ4n) is 5.17. The van der Waals surface area contributed by atoms with Gasteiger partial charge in [0.05, 0.1) is 53.1 Å². The van der Waals surface area contributed by atoms with E-state index < -0.39 is 35.6 Å². The second-order valence-corrected chi connectivity index (χ2v) is 11.2. The molecule has 8 nitrogen and oxygen atoms in total. The molecule has 2 aromatic heterocycles. The van der Waals surface area contributed by atoms with Crippen molar-refractivity contribution in [3.05, 3.63) is 123 Å². The summed E-state index contributed by atoms with van der Waals surface area (Å²) in [5.41, 5.74) is -1.49. The van der Waals surface area contributed by atoms with E-state index in [1.807, 2.05) is 0 Å². The first-order valence-corrected chi connectivity index (χ1v) is 13.8. The van der Waals surface area contributed by atoms with Crippen LogP contribution in [0.25, 0.3) is 0 Å². The molecule has 0 bridgehead atoms. The van der Waals surface area contributed by atoms with Crippen molar-refractivity contribution in [1.29, 1.82) is 0 Å². The highest BCUT2D eigenvalue weighted by Gasteiger charge is 2.56. The zero-order chi connectivity index (χ0) is 28.8. The molecule has 1 amide bonds. The fraction of sp³-hybridized carbons (Fsp3) is 0.267. The lowest BCUT2D eigenvalue weighted by atomic mass is 9.89. The van der Waals surface area contributed by atoms with Crippen molar-refractivity contribution in [3.63, 3.8) is 0 Å². The van der Waals surface area contributed by atoms with E-state index in [1.54, 1.807) is 48.5 Å². The summed E-state index contributed by atoms with van der Waals surface area (Å²) >= 11 is 12.2. The third-order valence-corrected chi connectivity index (χ3v) is 7.99. The SMILES string of the molecule is O=C1c2cc(C(CO)c3ncccn3)cc(F)c2[C@](OCC2(O)CC2)(c2ccc(Cl)cc2)N1Cc1ccc(Cl)cn1. The van der Waals surface area contributed by atoms with Crippen molar-refractivity contribution in [2.75, 3.05) is 13.2 Å². The van der Waals surface area contributed by atoms with Gasteiger partial charge in [0.25, 0.3) is 5.91 Å². The van der Waals surface area contributed by atoms with Gasteiger partial charge in [0, 0.05) is 29.2 Å². The van der Waals surface area contributed by atoms with Crippen molar-refractivity contribution in [3.8, 4) is 0 Å². The lowest BCUT2D eigenvalue weighted by molar-refractivity contribution is -0.139. The van der Waals surface area contributed by atoms with Gasteiger partial charge in [0.15, 0.2) is 5.72 Å². The largest absolute Gasteiger partial charge is 0.395 e. The number of ether oxygens (including phenoxy) is 1. The number of aliphatic hydroxyl groups is 2. The molecule has 1 aliphatic heterocycles. The summed E-state index contributed by atoms with van der Waals surface area (Å²) in [6.07, 6.45) is 5.58. The smallest absolute Gasteiger partial charge is 0.257 e. The number of rotatable bonds is 9. The summed E-state index contributed by atoms with van der Waals surface area (Å²) in [5.74, 6) is -1.71. The summed E-state index contributed by atoms with van der Waals surface area (Å²) in [5, 5.41) is 21.8. The quantitative estimate of drug-likeness (QED) is 0.285. The van der Waals surface area contributed by atoms with Gasteiger partial charge in [0.2, 0.25) is 0 Å². The number of nitrogens with zero attached hydrogens (tertiary/aromatic N) is 4. The van der Waals surface area contributed by atoms with Crippen LogP contribution in [0.3, 0.4) is 0 Å². The molecule has 2 N–H and O–H groups in total. The molecule has 1 aliphatic carbocycles. The Balaban J connectivity index is 1.55. The van der Waals surface area contributed by atoms with Gasteiger partial charge in [-0.15, -0.1) is 0 Å². The molecule has 0 spiro atoms. The molecule has 1 unspecified atom stereocenters. The number of hydrogen-bond donors (Lipinski definition) is 2. The van der Waals surface area contributed by atoms with Gasteiger partial charge in [-0.1, -0.05) is 35.3 Å². The van der Waals surface area contributed by atoms with Crippen molar-refractivity contribution in [2.24, 2.45) is 0 Å². The average molecular weight is 595 g/mol. The number of aromatic nitrogens is 3. The Morgan fingerprint density at radius 3 is 2.37 bits per heavy atom. The number of carbonyl (C=O) groups is 1. The second kappa shape index (κ2) is 10.7. The molecule has 2 aliphatic rings. The topological polar surface area (TPSA) is 109 Å². The Morgan fingerprint density at radius 2 is 1.73 bits per heavy atom. The molecule has 2 atom stereocenters. The summed E-state index contributed by atoms with van der Waals surface area (Å²) in [4.78, 5) is 28.5. The molecule has 11 heteroatoms. The highest BCUT2D eigenvalue weighted by atomic mass is 35.5. The predicted octanol–water partition coefficient (Wildman–Crippen LogP) is 4.84. The lowest BCUT2D eigenvalue weighted by Crippen LogP contribution is -2.48. The second-order valence-electron chi connectivity index (χ2n) is 10.3. The standard InChI is InChI=1S/C30H25Cl2FN4O4/c31-20-4-2-19(3-5-20)30(41-17-29(40)8-9-29)26-23(28(39)37(30)15-22-7-6-21(32)14-36-22)12-18(13-25(26)33)24(16-38)27-34-10-1-11-35-27/h1-7,10-14,24,38,40H,8-9,15-17H2/t24?,30-/m1/s1. The highest BCUT2D eigenvalue weighted by molar-refractivity contribution is 6.30. The highest BCUT2D eigenvalue weighted by Crippen LogP contribution is 2.50. The van der Waals surface area contributed by atoms with Crippen LogP contribution < -0.4 is 0 Å². The molecular formula is C30H25Cl2FN4O4. The van der Waals surface area contributed by atoms with Gasteiger partial charge in [0.1, 0.15) is 11.6 Å². The normalized spacial score (nSPS) is 19.7. The molecule has 1 fully saturated rings. The van der Waals surface area contributed by atoms with Gasteiger partial charge in [-0.05, 0) is 60.9 Å². The number of halogens is 3. The van der Waals surface area contributed by atoms with Crippen LogP contribution in [0.5, 0.6) is 0 Å². The van der Waals surface area contributed by atoms with Crippen LogP contribution in [0.15, 0.2) is 73.2 Å². The van der Waals surface area contributed by atoms with Crippen molar-refractivity contribution in [1.82, 2.24) is 19.9 Å². The molecular weight excluding hydrogens is 570 g/mol. The minimum atomic E-state index is -1.75. The number of hydrogen-bond acceptors (Lipinski definition) is 7. The molecule has 210 valence electrons. The third kappa shape index (κ3) is 5.09. The van der Waals surface area contributed by atoms with Crippen LogP contribution in [0.2, 0.25) is 10.0 Å². The maximum Gasteiger partial charge on any atom is 0.257 e. The zero-order valence-corrected chi connectivity index (χ0v) is 23.2. The van der Waals surface area contributed by atoms with Crippen LogP contribution in [-0.2, 0) is 17.0 Å². The zero-order valence-electron chi connectivity index (χ0n) is 21.7. The average Bonchev–Trinajstić information content (AvgIpc) is 3.67. The van der Waals surface area contributed by atoms with E-state index in [0.29, 0.717) is 39.7 Å². The van der Waals surface area contributed by atoms with E-state index in [-0.39, 0.29) is 30.1 Å². The molecule has 1 saturated carbocycles. The predicted molar refractivity (Wildman–Crippen MR) is 149 cm³/mol. The summed E-state index contributed by atoms with van der Waals surface area (Å²) < 4.78 is 23.0. The number of benzene rings is 2. The van der Waals surface area contributed by atoms with Gasteiger partial charge in [-0.3, -0.25) is 14.7 Å². The Morgan fingerprint density at radius 1 is 1.02 bits per heavy atom. The fourth-order valence-corrected chi connectivity index (χ4v) is 5.41. The summed E-state index contributed by atoms with van der Waals surface area (Å²) in [7, 11) is 0.